The van der Waals surface area contributed by atoms with E-state index in [-0.39, 0.29) is 30.2 Å². The van der Waals surface area contributed by atoms with Crippen molar-refractivity contribution in [2.24, 2.45) is 13.0 Å². The van der Waals surface area contributed by atoms with E-state index in [1.54, 1.807) is 23.0 Å². The van der Waals surface area contributed by atoms with Gasteiger partial charge >= 0.3 is 0 Å². The monoisotopic (exact) mass is 375 g/mol. The van der Waals surface area contributed by atoms with Crippen LogP contribution in [0.25, 0.3) is 0 Å². The van der Waals surface area contributed by atoms with Crippen molar-refractivity contribution in [3.63, 3.8) is 0 Å². The predicted octanol–water partition coefficient (Wildman–Crippen LogP) is 1.44. The first-order valence-electron chi connectivity index (χ1n) is 8.47. The topological polar surface area (TPSA) is 88.1 Å². The van der Waals surface area contributed by atoms with Crippen LogP contribution in [0, 0.1) is 12.8 Å². The quantitative estimate of drug-likeness (QED) is 0.738. The number of aromatic nitrogens is 2. The molecule has 0 radical (unpaired) electrons. The number of aryl methyl sites for hydroxylation is 2. The Morgan fingerprint density at radius 1 is 1.38 bits per heavy atom. The number of hydrogen-bond donors (Lipinski definition) is 3. The minimum atomic E-state index is -0.312. The molecular weight excluding hydrogens is 354 g/mol. The number of carbonyl (C=O) groups excluding carboxylic acids is 2. The van der Waals surface area contributed by atoms with Gasteiger partial charge in [0.1, 0.15) is 0 Å². The fraction of sp³-hybridized carbons (Fsp3) is 0.389. The first-order chi connectivity index (χ1) is 12.4. The fourth-order valence-electron chi connectivity index (χ4n) is 3.15. The van der Waals surface area contributed by atoms with Crippen LogP contribution in [0.2, 0.25) is 5.02 Å². The van der Waals surface area contributed by atoms with Crippen molar-refractivity contribution in [3.05, 3.63) is 46.7 Å². The molecule has 3 rings (SSSR count). The number of nitrogens with zero attached hydrogens (tertiary/aromatic N) is 2. The van der Waals surface area contributed by atoms with Crippen LogP contribution in [0.1, 0.15) is 17.0 Å². The molecule has 1 fully saturated rings. The van der Waals surface area contributed by atoms with E-state index in [4.69, 9.17) is 11.6 Å². The molecule has 7 nitrogen and oxygen atoms in total. The highest BCUT2D eigenvalue weighted by Crippen LogP contribution is 2.28. The number of anilines is 1. The van der Waals surface area contributed by atoms with Crippen LogP contribution in [0.15, 0.2) is 30.6 Å². The Kier molecular flexibility index (Phi) is 5.58. The molecule has 2 aromatic rings. The van der Waals surface area contributed by atoms with Crippen LogP contribution >= 0.6 is 11.6 Å². The van der Waals surface area contributed by atoms with E-state index < -0.39 is 0 Å². The zero-order chi connectivity index (χ0) is 18.7. The van der Waals surface area contributed by atoms with Gasteiger partial charge in [0, 0.05) is 32.3 Å². The number of hydrogen-bond acceptors (Lipinski definition) is 4. The van der Waals surface area contributed by atoms with E-state index in [0.29, 0.717) is 17.3 Å². The summed E-state index contributed by atoms with van der Waals surface area (Å²) in [6.45, 7) is 3.12. The molecule has 8 heteroatoms. The van der Waals surface area contributed by atoms with Gasteiger partial charge in [-0.1, -0.05) is 17.7 Å². The molecular formula is C18H22ClN5O2. The molecule has 1 saturated heterocycles. The third-order valence-corrected chi connectivity index (χ3v) is 4.84. The van der Waals surface area contributed by atoms with E-state index in [1.807, 2.05) is 26.2 Å². The molecule has 26 heavy (non-hydrogen) atoms. The maximum atomic E-state index is 12.5. The second-order valence-electron chi connectivity index (χ2n) is 6.57. The lowest BCUT2D eigenvalue weighted by Crippen LogP contribution is -2.39. The molecule has 0 unspecified atom stereocenters. The summed E-state index contributed by atoms with van der Waals surface area (Å²) < 4.78 is 1.72. The molecule has 0 aliphatic carbocycles. The van der Waals surface area contributed by atoms with Crippen molar-refractivity contribution in [1.29, 1.82) is 0 Å². The Balaban J connectivity index is 1.55. The molecule has 2 amide bonds. The lowest BCUT2D eigenvalue weighted by atomic mass is 9.90. The lowest BCUT2D eigenvalue weighted by Gasteiger charge is -2.17. The largest absolute Gasteiger partial charge is 0.347 e. The van der Waals surface area contributed by atoms with E-state index in [9.17, 15) is 9.59 Å². The Morgan fingerprint density at radius 3 is 2.88 bits per heavy atom. The summed E-state index contributed by atoms with van der Waals surface area (Å²) in [5.41, 5.74) is 2.57. The number of carbonyl (C=O) groups is 2. The number of nitrogens with one attached hydrogen (secondary N) is 3. The minimum Gasteiger partial charge on any atom is -0.347 e. The first kappa shape index (κ1) is 18.4. The standard InChI is InChI=1S/C18H22ClN5O2/c1-11-3-4-16(15(19)5-11)23-17(25)9-21-18(26)14-8-20-7-13(14)12-6-22-24(2)10-12/h3-6,10,13-14,20H,7-9H2,1-2H3,(H,21,26)(H,23,25)/t13-,14+/m1/s1. The molecule has 0 bridgehead atoms. The molecule has 0 spiro atoms. The van der Waals surface area contributed by atoms with Gasteiger partial charge in [0.25, 0.3) is 0 Å². The highest BCUT2D eigenvalue weighted by molar-refractivity contribution is 6.33. The third-order valence-electron chi connectivity index (χ3n) is 4.53. The summed E-state index contributed by atoms with van der Waals surface area (Å²) in [6.07, 6.45) is 3.70. The fourth-order valence-corrected chi connectivity index (χ4v) is 3.43. The predicted molar refractivity (Wildman–Crippen MR) is 100 cm³/mol. The Hall–Kier alpha value is -2.38. The number of rotatable bonds is 5. The zero-order valence-corrected chi connectivity index (χ0v) is 15.5. The molecule has 0 saturated carbocycles. The van der Waals surface area contributed by atoms with Crippen molar-refractivity contribution in [3.8, 4) is 0 Å². The highest BCUT2D eigenvalue weighted by Gasteiger charge is 2.34. The van der Waals surface area contributed by atoms with Gasteiger partial charge in [0.15, 0.2) is 0 Å². The van der Waals surface area contributed by atoms with Crippen LogP contribution in [0.5, 0.6) is 0 Å². The third kappa shape index (κ3) is 4.23. The number of halogens is 1. The molecule has 1 aliphatic rings. The Morgan fingerprint density at radius 2 is 2.19 bits per heavy atom. The molecule has 1 aromatic heterocycles. The molecule has 138 valence electrons. The van der Waals surface area contributed by atoms with Crippen LogP contribution in [-0.2, 0) is 16.6 Å². The van der Waals surface area contributed by atoms with Crippen molar-refractivity contribution in [2.75, 3.05) is 25.0 Å². The van der Waals surface area contributed by atoms with Gasteiger partial charge in [-0.3, -0.25) is 14.3 Å². The van der Waals surface area contributed by atoms with Gasteiger partial charge in [0.2, 0.25) is 11.8 Å². The van der Waals surface area contributed by atoms with Gasteiger partial charge in [-0.25, -0.2) is 0 Å². The maximum Gasteiger partial charge on any atom is 0.243 e. The van der Waals surface area contributed by atoms with Gasteiger partial charge < -0.3 is 16.0 Å². The van der Waals surface area contributed by atoms with E-state index in [1.165, 1.54) is 0 Å². The zero-order valence-electron chi connectivity index (χ0n) is 14.8. The van der Waals surface area contributed by atoms with Crippen molar-refractivity contribution in [1.82, 2.24) is 20.4 Å². The van der Waals surface area contributed by atoms with E-state index in [2.05, 4.69) is 21.0 Å². The lowest BCUT2D eigenvalue weighted by molar-refractivity contribution is -0.127. The smallest absolute Gasteiger partial charge is 0.243 e. The molecule has 2 heterocycles. The van der Waals surface area contributed by atoms with Gasteiger partial charge in [-0.15, -0.1) is 0 Å². The summed E-state index contributed by atoms with van der Waals surface area (Å²) in [7, 11) is 1.85. The van der Waals surface area contributed by atoms with Crippen molar-refractivity contribution < 1.29 is 9.59 Å². The summed E-state index contributed by atoms with van der Waals surface area (Å²) in [6, 6.07) is 5.39. The Bertz CT molecular complexity index is 820. The summed E-state index contributed by atoms with van der Waals surface area (Å²) in [5.74, 6) is -0.629. The summed E-state index contributed by atoms with van der Waals surface area (Å²) in [4.78, 5) is 24.6. The number of amides is 2. The number of benzene rings is 1. The Labute approximate surface area is 157 Å². The highest BCUT2D eigenvalue weighted by atomic mass is 35.5. The van der Waals surface area contributed by atoms with E-state index >= 15 is 0 Å². The van der Waals surface area contributed by atoms with Gasteiger partial charge in [0.05, 0.1) is 29.4 Å². The van der Waals surface area contributed by atoms with Gasteiger partial charge in [-0.2, -0.15) is 5.10 Å². The van der Waals surface area contributed by atoms with Crippen molar-refractivity contribution >= 4 is 29.1 Å². The van der Waals surface area contributed by atoms with Crippen LogP contribution in [0.4, 0.5) is 5.69 Å². The first-order valence-corrected chi connectivity index (χ1v) is 8.85. The van der Waals surface area contributed by atoms with E-state index in [0.717, 1.165) is 17.7 Å². The average Bonchev–Trinajstić information content (AvgIpc) is 3.24. The second-order valence-corrected chi connectivity index (χ2v) is 6.98. The maximum absolute atomic E-state index is 12.5. The normalized spacial score (nSPS) is 19.3. The van der Waals surface area contributed by atoms with Crippen LogP contribution < -0.4 is 16.0 Å². The molecule has 1 aromatic carbocycles. The molecule has 2 atom stereocenters. The molecule has 1 aliphatic heterocycles. The summed E-state index contributed by atoms with van der Waals surface area (Å²) >= 11 is 6.11. The average molecular weight is 376 g/mol. The SMILES string of the molecule is Cc1ccc(NC(=O)CNC(=O)[C@H]2CNC[C@@H]2c2cnn(C)c2)c(Cl)c1. The van der Waals surface area contributed by atoms with Gasteiger partial charge in [-0.05, 0) is 30.2 Å². The minimum absolute atomic E-state index is 0.0540. The van der Waals surface area contributed by atoms with Crippen molar-refractivity contribution in [2.45, 2.75) is 12.8 Å². The van der Waals surface area contributed by atoms with Crippen LogP contribution in [-0.4, -0.2) is 41.2 Å². The summed E-state index contributed by atoms with van der Waals surface area (Å²) in [5, 5.41) is 13.3. The molecule has 3 N–H and O–H groups in total. The second kappa shape index (κ2) is 7.88. The van der Waals surface area contributed by atoms with Crippen LogP contribution in [0.3, 0.4) is 0 Å².